The number of likely N-dealkylation sites (N-methyl/N-ethyl adjacent to an activating group) is 1. The summed E-state index contributed by atoms with van der Waals surface area (Å²) in [6.45, 7) is 11.1. The maximum absolute atomic E-state index is 16.8. The average molecular weight is 1780 g/mol. The zero-order valence-electron chi connectivity index (χ0n) is 70.3. The van der Waals surface area contributed by atoms with Gasteiger partial charge in [-0.1, -0.05) is 69.1 Å². The SMILES string of the molecule is CCNCCOc1ccc(NC(=O)NC(=O)C[C@@H]2CC(=O)[C@H](NC(=O)[C@H](CC)CC(C)C)[C@H](O)c3ccc(c(Cl)c3)Oc3cc4cc(c3O[C@@H]3O[C@H](CO)[C@@H](O)[C@H](O)[C@H]3O[C@H]3C[C@](C)(N)[C@H](O)[C@H](C)O3)Oc3ccc(cc3Cl)[C@@H](O)[C@@H]3NC(=O)[C@H](CC(=O)[C@@H]4NC2=O)c2ccc(O)c(c2)-c2c(O)cc(O)cc2[C@@H](C(=O)CC2C4CC5CC(C4)CC2C5)NC3=O)cc1. The Balaban J connectivity index is 0.951. The summed E-state index contributed by atoms with van der Waals surface area (Å²) < 4.78 is 45.0. The van der Waals surface area contributed by atoms with Gasteiger partial charge < -0.3 is 117 Å². The number of fused-ring (bicyclic) bond motifs is 15. The number of rotatable bonds is 21. The zero-order chi connectivity index (χ0) is 90.2. The van der Waals surface area contributed by atoms with Crippen molar-refractivity contribution < 1.29 is 122 Å². The highest BCUT2D eigenvalue weighted by atomic mass is 35.5. The van der Waals surface area contributed by atoms with Gasteiger partial charge in [0.05, 0.1) is 40.7 Å². The predicted octanol–water partition coefficient (Wildman–Crippen LogP) is 8.32. The molecule has 2 saturated heterocycles. The third-order valence-electron chi connectivity index (χ3n) is 25.7. The quantitative estimate of drug-likeness (QED) is 0.0301. The number of nitrogens with two attached hydrogens (primary N) is 1. The van der Waals surface area contributed by atoms with E-state index in [-0.39, 0.29) is 104 Å². The van der Waals surface area contributed by atoms with E-state index < -0.39 is 228 Å². The number of phenolic OH excluding ortho intramolecular Hbond substituents is 3. The molecular weight excluding hydrogens is 1680 g/mol. The fourth-order valence-corrected chi connectivity index (χ4v) is 19.8. The lowest BCUT2D eigenvalue weighted by Crippen LogP contribution is -2.64. The monoisotopic (exact) mass is 1780 g/mol. The van der Waals surface area contributed by atoms with Gasteiger partial charge in [0, 0.05) is 73.0 Å². The number of aromatic hydroxyl groups is 3. The van der Waals surface area contributed by atoms with Gasteiger partial charge in [0.2, 0.25) is 41.6 Å². The van der Waals surface area contributed by atoms with Crippen molar-refractivity contribution in [2.24, 2.45) is 53.1 Å². The van der Waals surface area contributed by atoms with Gasteiger partial charge in [-0.2, -0.15) is 0 Å². The number of anilines is 1. The van der Waals surface area contributed by atoms with Gasteiger partial charge in [-0.05, 0) is 208 Å². The first-order valence-electron chi connectivity index (χ1n) is 42.8. The molecule has 4 aliphatic carbocycles. The number of aliphatic hydroxyl groups excluding tert-OH is 6. The first-order chi connectivity index (χ1) is 60.0. The van der Waals surface area contributed by atoms with Crippen molar-refractivity contribution in [3.63, 3.8) is 0 Å². The van der Waals surface area contributed by atoms with Crippen LogP contribution in [0.25, 0.3) is 11.1 Å². The molecule has 6 aromatic rings. The molecule has 676 valence electrons. The zero-order valence-corrected chi connectivity index (χ0v) is 71.8. The number of benzene rings is 6. The Labute approximate surface area is 736 Å². The highest BCUT2D eigenvalue weighted by Gasteiger charge is 2.53. The van der Waals surface area contributed by atoms with Gasteiger partial charge in [0.15, 0.2) is 41.2 Å². The Hall–Kier alpha value is -10.1. The molecule has 35 heteroatoms. The maximum atomic E-state index is 16.8. The van der Waals surface area contributed by atoms with Crippen molar-refractivity contribution in [3.8, 4) is 62.9 Å². The van der Waals surface area contributed by atoms with Gasteiger partial charge in [0.25, 0.3) is 0 Å². The number of Topliss-reactive ketones (excluding diaryl/α,β-unsaturated/α-hetero) is 3. The number of carbonyl (C=O) groups is 9. The van der Waals surface area contributed by atoms with Crippen molar-refractivity contribution in [2.45, 2.75) is 216 Å². The van der Waals surface area contributed by atoms with E-state index in [2.05, 4.69) is 37.2 Å². The predicted molar refractivity (Wildman–Crippen MR) is 454 cm³/mol. The van der Waals surface area contributed by atoms with E-state index >= 15 is 28.8 Å². The summed E-state index contributed by atoms with van der Waals surface area (Å²) in [5, 5.41) is 125. The third kappa shape index (κ3) is 20.2. The van der Waals surface area contributed by atoms with E-state index in [9.17, 15) is 60.3 Å². The Morgan fingerprint density at radius 2 is 1.34 bits per heavy atom. The number of phenols is 3. The number of halogens is 2. The van der Waals surface area contributed by atoms with E-state index in [1.165, 1.54) is 68.4 Å². The molecule has 0 unspecified atom stereocenters. The first kappa shape index (κ1) is 92.1. The molecule has 6 fully saturated rings. The van der Waals surface area contributed by atoms with Gasteiger partial charge >= 0.3 is 6.03 Å². The lowest BCUT2D eigenvalue weighted by Gasteiger charge is -2.54. The molecule has 17 rings (SSSR count). The van der Waals surface area contributed by atoms with Gasteiger partial charge in [0.1, 0.15) is 95.8 Å². The summed E-state index contributed by atoms with van der Waals surface area (Å²) in [5.41, 5.74) is 3.70. The van der Waals surface area contributed by atoms with E-state index in [1.807, 2.05) is 20.8 Å². The average Bonchev–Trinajstić information content (AvgIpc) is 0.744. The number of urea groups is 1. The van der Waals surface area contributed by atoms with Gasteiger partial charge in [-0.15, -0.1) is 0 Å². The number of nitrogens with one attached hydrogen (secondary N) is 7. The fourth-order valence-electron chi connectivity index (χ4n) is 19.4. The molecule has 126 heavy (non-hydrogen) atoms. The molecule has 15 bridgehead atoms. The first-order valence-corrected chi connectivity index (χ1v) is 43.6. The van der Waals surface area contributed by atoms with E-state index in [1.54, 1.807) is 19.1 Å². The number of imide groups is 1. The Morgan fingerprint density at radius 3 is 1.96 bits per heavy atom. The summed E-state index contributed by atoms with van der Waals surface area (Å²) in [4.78, 5) is 140. The molecular formula is C91H108Cl2N8O25. The minimum Gasteiger partial charge on any atom is -0.508 e. The van der Waals surface area contributed by atoms with Gasteiger partial charge in [-0.25, -0.2) is 4.79 Å². The smallest absolute Gasteiger partial charge is 0.325 e. The van der Waals surface area contributed by atoms with Crippen LogP contribution < -0.4 is 61.9 Å². The molecule has 18 N–H and O–H groups in total. The minimum atomic E-state index is -2.26. The van der Waals surface area contributed by atoms with E-state index in [4.69, 9.17) is 62.1 Å². The van der Waals surface area contributed by atoms with Crippen LogP contribution in [-0.2, 0) is 52.6 Å². The van der Waals surface area contributed by atoms with Crippen molar-refractivity contribution in [3.05, 3.63) is 141 Å². The molecule has 7 heterocycles. The van der Waals surface area contributed by atoms with Crippen LogP contribution in [0, 0.1) is 47.3 Å². The maximum Gasteiger partial charge on any atom is 0.325 e. The molecule has 7 amide bonds. The number of aliphatic hydroxyl groups is 6. The lowest BCUT2D eigenvalue weighted by molar-refractivity contribution is -0.333. The Kier molecular flexibility index (Phi) is 28.4. The second-order valence-electron chi connectivity index (χ2n) is 35.3. The Morgan fingerprint density at radius 1 is 0.690 bits per heavy atom. The molecule has 0 radical (unpaired) electrons. The van der Waals surface area contributed by atoms with Crippen LogP contribution in [0.5, 0.6) is 51.7 Å². The molecule has 7 aliphatic heterocycles. The highest BCUT2D eigenvalue weighted by molar-refractivity contribution is 6.32. The van der Waals surface area contributed by atoms with Crippen molar-refractivity contribution in [1.82, 2.24) is 31.9 Å². The number of ether oxygens (including phenoxy) is 7. The molecule has 11 aliphatic rings. The second kappa shape index (κ2) is 38.8. The van der Waals surface area contributed by atoms with Crippen LogP contribution in [0.4, 0.5) is 10.5 Å². The van der Waals surface area contributed by atoms with Crippen LogP contribution in [-0.4, -0.2) is 192 Å². The standard InChI is InChI=1S/C91H108Cl2N8O25/c1-7-44(21-40(3)4)85(115)100-76-63(106)30-51(33-71(109)97-90(119)96-52-12-14-54(15-13-52)120-20-19-95-8-2)86(116)98-74-50-31-68(122-66-17-10-46(78(76)110)28-59(66)92)82(126-89-83(81(113)80(112)70(39-102)124-89)125-72-38-91(6,94)84(114)41(5)121-72)69(32-50)123-67-18-11-47(29-60(67)93)79(111)77-88(118)99-75(65(108)36-55-48-23-42-22-43(25-48)26-49(55)24-42)58-34-53(103)35-62(105)73(58)57-27-45(9-16-61(57)104)56(37-64(74)107)87(117)101-77/h9-18,27-29,31-32,34-35,40-44,48-49,51,55-56,70,72,74-81,83-84,89,95,102-105,110-114H,7-8,19-26,30,33,36-39,94H2,1-6H3,(H,98,116)(H,99,118)(H,100,115)(H,101,117)(H2,96,97,109,119)/t41-,42?,43?,44+,48?,49?,51-,55?,56+,70+,72-,74+,75-,76-,77-,78+,79+,80+,81-,83+,84+,89-,91-/m0/s1. The molecule has 0 aromatic heterocycles. The van der Waals surface area contributed by atoms with Crippen LogP contribution >= 0.6 is 23.2 Å². The number of amides is 7. The van der Waals surface area contributed by atoms with Crippen molar-refractivity contribution in [1.29, 1.82) is 0 Å². The number of carbonyl (C=O) groups excluding carboxylic acids is 9. The summed E-state index contributed by atoms with van der Waals surface area (Å²) >= 11 is 14.6. The summed E-state index contributed by atoms with van der Waals surface area (Å²) in [6.07, 6.45) is -15.7. The summed E-state index contributed by atoms with van der Waals surface area (Å²) in [6, 6.07) is 12.0. The third-order valence-corrected chi connectivity index (χ3v) is 26.3. The van der Waals surface area contributed by atoms with Crippen LogP contribution in [0.15, 0.2) is 103 Å². The minimum absolute atomic E-state index is 0.0564. The van der Waals surface area contributed by atoms with Gasteiger partial charge in [-0.3, -0.25) is 43.7 Å². The van der Waals surface area contributed by atoms with Crippen molar-refractivity contribution in [2.75, 3.05) is 31.6 Å². The van der Waals surface area contributed by atoms with Crippen LogP contribution in [0.2, 0.25) is 10.0 Å². The molecule has 0 spiro atoms. The molecule has 33 nitrogen and oxygen atoms in total. The Bertz CT molecular complexity index is 5090. The normalized spacial score (nSPS) is 30.3. The molecule has 4 saturated carbocycles. The summed E-state index contributed by atoms with van der Waals surface area (Å²) in [7, 11) is 0. The van der Waals surface area contributed by atoms with E-state index in [0.29, 0.717) is 43.7 Å². The topological polar surface area (TPSA) is 511 Å². The van der Waals surface area contributed by atoms with E-state index in [0.717, 1.165) is 68.5 Å². The number of hydrogen-bond acceptors (Lipinski definition) is 27. The van der Waals surface area contributed by atoms with Crippen LogP contribution in [0.1, 0.15) is 177 Å². The van der Waals surface area contributed by atoms with Crippen molar-refractivity contribution >= 4 is 81.8 Å². The number of ketones is 3. The highest BCUT2D eigenvalue weighted by Crippen LogP contribution is 2.59. The fraction of sp³-hybridized carbons (Fsp3) is 0.505. The molecule has 18 atom stereocenters. The largest absolute Gasteiger partial charge is 0.508 e. The van der Waals surface area contributed by atoms with Crippen LogP contribution in [0.3, 0.4) is 0 Å². The molecule has 6 aromatic carbocycles. The lowest BCUT2D eigenvalue weighted by atomic mass is 9.51. The second-order valence-corrected chi connectivity index (χ2v) is 36.1. The summed E-state index contributed by atoms with van der Waals surface area (Å²) in [5.74, 6) is -15.9. The number of hydrogen-bond donors (Lipinski definition) is 17.